The van der Waals surface area contributed by atoms with Gasteiger partial charge < -0.3 is 5.32 Å². The van der Waals surface area contributed by atoms with Gasteiger partial charge in [-0.1, -0.05) is 24.6 Å². The molecule has 0 amide bonds. The fraction of sp³-hybridized carbons (Fsp3) is 0.538. The van der Waals surface area contributed by atoms with Crippen LogP contribution < -0.4 is 5.32 Å². The third-order valence-electron chi connectivity index (χ3n) is 2.89. The number of aryl methyl sites for hydroxylation is 1. The maximum atomic E-state index is 3.52. The molecule has 82 valence electrons. The van der Waals surface area contributed by atoms with Gasteiger partial charge in [-0.3, -0.25) is 0 Å². The van der Waals surface area contributed by atoms with Crippen LogP contribution in [0.15, 0.2) is 29.2 Å². The van der Waals surface area contributed by atoms with Crippen LogP contribution in [0.25, 0.3) is 0 Å². The van der Waals surface area contributed by atoms with Crippen LogP contribution in [0.2, 0.25) is 0 Å². The summed E-state index contributed by atoms with van der Waals surface area (Å²) >= 11 is 2.04. The lowest BCUT2D eigenvalue weighted by Gasteiger charge is -2.15. The topological polar surface area (TPSA) is 12.0 Å². The van der Waals surface area contributed by atoms with Crippen molar-refractivity contribution < 1.29 is 0 Å². The molecule has 0 spiro atoms. The molecule has 1 aromatic carbocycles. The van der Waals surface area contributed by atoms with Crippen molar-refractivity contribution in [1.82, 2.24) is 5.32 Å². The Morgan fingerprint density at radius 2 is 2.13 bits per heavy atom. The van der Waals surface area contributed by atoms with Crippen molar-refractivity contribution in [1.29, 1.82) is 0 Å². The average Bonchev–Trinajstić information content (AvgIpc) is 2.50. The molecule has 1 nitrogen and oxygen atoms in total. The van der Waals surface area contributed by atoms with Crippen molar-refractivity contribution in [3.05, 3.63) is 29.8 Å². The Hall–Kier alpha value is -0.470. The van der Waals surface area contributed by atoms with E-state index in [1.165, 1.54) is 42.8 Å². The second-order valence-electron chi connectivity index (χ2n) is 4.21. The molecule has 1 fully saturated rings. The van der Waals surface area contributed by atoms with Crippen LogP contribution in [0.1, 0.15) is 24.8 Å². The Labute approximate surface area is 96.7 Å². The van der Waals surface area contributed by atoms with Crippen LogP contribution >= 0.6 is 11.8 Å². The number of benzene rings is 1. The molecule has 1 aromatic rings. The average molecular weight is 221 g/mol. The van der Waals surface area contributed by atoms with Crippen LogP contribution in [0.4, 0.5) is 0 Å². The quantitative estimate of drug-likeness (QED) is 0.823. The molecule has 1 aliphatic rings. The summed E-state index contributed by atoms with van der Waals surface area (Å²) in [5.41, 5.74) is 1.41. The molecule has 0 aromatic heterocycles. The highest BCUT2D eigenvalue weighted by Crippen LogP contribution is 2.29. The fourth-order valence-corrected chi connectivity index (χ4v) is 3.21. The smallest absolute Gasteiger partial charge is 0.0219 e. The molecular formula is C13H19NS. The van der Waals surface area contributed by atoms with Crippen LogP contribution in [0.5, 0.6) is 0 Å². The zero-order valence-corrected chi connectivity index (χ0v) is 10.1. The zero-order chi connectivity index (χ0) is 10.5. The molecule has 2 rings (SSSR count). The van der Waals surface area contributed by atoms with Gasteiger partial charge in [-0.25, -0.2) is 0 Å². The summed E-state index contributed by atoms with van der Waals surface area (Å²) in [4.78, 5) is 1.45. The monoisotopic (exact) mass is 221 g/mol. The van der Waals surface area contributed by atoms with Gasteiger partial charge in [0.1, 0.15) is 0 Å². The lowest BCUT2D eigenvalue weighted by Crippen LogP contribution is -2.22. The molecule has 2 heteroatoms. The van der Waals surface area contributed by atoms with E-state index in [1.807, 2.05) is 11.8 Å². The molecule has 1 N–H and O–H groups in total. The van der Waals surface area contributed by atoms with Crippen LogP contribution in [0.3, 0.4) is 0 Å². The fourth-order valence-electron chi connectivity index (χ4n) is 1.96. The van der Waals surface area contributed by atoms with E-state index in [-0.39, 0.29) is 0 Å². The predicted molar refractivity (Wildman–Crippen MR) is 67.5 cm³/mol. The van der Waals surface area contributed by atoms with E-state index in [0.717, 1.165) is 5.25 Å². The summed E-state index contributed by atoms with van der Waals surface area (Å²) < 4.78 is 0. The Bertz CT molecular complexity index is 303. The predicted octanol–water partition coefficient (Wildman–Crippen LogP) is 3.23. The summed E-state index contributed by atoms with van der Waals surface area (Å²) in [5, 5.41) is 4.27. The van der Waals surface area contributed by atoms with E-state index in [0.29, 0.717) is 0 Å². The molecule has 1 heterocycles. The largest absolute Gasteiger partial charge is 0.316 e. The van der Waals surface area contributed by atoms with E-state index in [4.69, 9.17) is 0 Å². The minimum atomic E-state index is 0.758. The van der Waals surface area contributed by atoms with E-state index < -0.39 is 0 Å². The second-order valence-corrected chi connectivity index (χ2v) is 5.55. The lowest BCUT2D eigenvalue weighted by molar-refractivity contribution is 0.706. The normalized spacial score (nSPS) is 22.3. The van der Waals surface area contributed by atoms with E-state index in [9.17, 15) is 0 Å². The van der Waals surface area contributed by atoms with Gasteiger partial charge in [0.05, 0.1) is 0 Å². The first-order chi connectivity index (χ1) is 7.36. The molecule has 15 heavy (non-hydrogen) atoms. The molecule has 1 aliphatic heterocycles. The van der Waals surface area contributed by atoms with Gasteiger partial charge in [0.25, 0.3) is 0 Å². The SMILES string of the molecule is Cc1ccccc1SC1CCCCNC1. The number of nitrogens with one attached hydrogen (secondary N) is 1. The first-order valence-corrected chi connectivity index (χ1v) is 6.67. The first-order valence-electron chi connectivity index (χ1n) is 5.79. The first kappa shape index (κ1) is 11.0. The maximum Gasteiger partial charge on any atom is 0.0219 e. The minimum absolute atomic E-state index is 0.758. The lowest BCUT2D eigenvalue weighted by atomic mass is 10.2. The Balaban J connectivity index is 1.98. The number of hydrogen-bond acceptors (Lipinski definition) is 2. The van der Waals surface area contributed by atoms with Crippen molar-refractivity contribution in [2.75, 3.05) is 13.1 Å². The van der Waals surface area contributed by atoms with E-state index >= 15 is 0 Å². The van der Waals surface area contributed by atoms with Gasteiger partial charge in [-0.2, -0.15) is 0 Å². The highest BCUT2D eigenvalue weighted by molar-refractivity contribution is 8.00. The third kappa shape index (κ3) is 3.25. The van der Waals surface area contributed by atoms with Gasteiger partial charge in [0.2, 0.25) is 0 Å². The zero-order valence-electron chi connectivity index (χ0n) is 9.33. The van der Waals surface area contributed by atoms with Crippen molar-refractivity contribution in [2.24, 2.45) is 0 Å². The molecule has 0 aliphatic carbocycles. The summed E-state index contributed by atoms with van der Waals surface area (Å²) in [6.45, 7) is 4.57. The number of hydrogen-bond donors (Lipinski definition) is 1. The molecule has 0 radical (unpaired) electrons. The van der Waals surface area contributed by atoms with Crippen LogP contribution in [-0.4, -0.2) is 18.3 Å². The molecule has 1 saturated heterocycles. The third-order valence-corrected chi connectivity index (χ3v) is 4.34. The van der Waals surface area contributed by atoms with E-state index in [2.05, 4.69) is 36.5 Å². The van der Waals surface area contributed by atoms with Crippen LogP contribution in [-0.2, 0) is 0 Å². The summed E-state index contributed by atoms with van der Waals surface area (Å²) in [6.07, 6.45) is 4.06. The van der Waals surface area contributed by atoms with Gasteiger partial charge in [0, 0.05) is 16.7 Å². The molecule has 0 bridgehead atoms. The van der Waals surface area contributed by atoms with Gasteiger partial charge in [0.15, 0.2) is 0 Å². The Kier molecular flexibility index (Phi) is 4.09. The summed E-state index contributed by atoms with van der Waals surface area (Å²) in [7, 11) is 0. The van der Waals surface area contributed by atoms with Crippen LogP contribution in [0, 0.1) is 6.92 Å². The number of rotatable bonds is 2. The standard InChI is InChI=1S/C13H19NS/c1-11-6-2-3-8-13(11)15-12-7-4-5-9-14-10-12/h2-3,6,8,12,14H,4-5,7,9-10H2,1H3. The Morgan fingerprint density at radius 1 is 1.27 bits per heavy atom. The Morgan fingerprint density at radius 3 is 3.00 bits per heavy atom. The summed E-state index contributed by atoms with van der Waals surface area (Å²) in [6, 6.07) is 8.70. The highest BCUT2D eigenvalue weighted by atomic mass is 32.2. The molecule has 1 unspecified atom stereocenters. The van der Waals surface area contributed by atoms with Crippen molar-refractivity contribution in [3.63, 3.8) is 0 Å². The van der Waals surface area contributed by atoms with Gasteiger partial charge in [-0.15, -0.1) is 11.8 Å². The van der Waals surface area contributed by atoms with Gasteiger partial charge in [-0.05, 0) is 37.9 Å². The minimum Gasteiger partial charge on any atom is -0.316 e. The molecular weight excluding hydrogens is 202 g/mol. The highest BCUT2D eigenvalue weighted by Gasteiger charge is 2.13. The molecule has 1 atom stereocenters. The second kappa shape index (κ2) is 5.57. The van der Waals surface area contributed by atoms with E-state index in [1.54, 1.807) is 0 Å². The summed E-state index contributed by atoms with van der Waals surface area (Å²) in [5.74, 6) is 0. The number of thioether (sulfide) groups is 1. The maximum absolute atomic E-state index is 3.52. The van der Waals surface area contributed by atoms with Crippen molar-refractivity contribution in [3.8, 4) is 0 Å². The molecule has 0 saturated carbocycles. The van der Waals surface area contributed by atoms with Crippen molar-refractivity contribution in [2.45, 2.75) is 36.3 Å². The van der Waals surface area contributed by atoms with Crippen molar-refractivity contribution >= 4 is 11.8 Å². The van der Waals surface area contributed by atoms with Gasteiger partial charge >= 0.3 is 0 Å².